The van der Waals surface area contributed by atoms with Gasteiger partial charge in [-0.3, -0.25) is 0 Å². The summed E-state index contributed by atoms with van der Waals surface area (Å²) >= 11 is 0. The maximum atomic E-state index is 13.0. The standard InChI is InChI=1S/C15H15F3N2/c16-15(17,18)13-10-14(19,20)9-8-12(13)7-6-11-4-2-1-3-5-11/h1-9H,10,19-20H2. The third kappa shape index (κ3) is 3.59. The summed E-state index contributed by atoms with van der Waals surface area (Å²) in [5.41, 5.74) is 9.90. The summed E-state index contributed by atoms with van der Waals surface area (Å²) < 4.78 is 39.1. The molecule has 1 aromatic carbocycles. The predicted molar refractivity (Wildman–Crippen MR) is 73.4 cm³/mol. The smallest absolute Gasteiger partial charge is 0.310 e. The minimum Gasteiger partial charge on any atom is -0.310 e. The van der Waals surface area contributed by atoms with E-state index in [0.717, 1.165) is 5.56 Å². The van der Waals surface area contributed by atoms with Crippen LogP contribution in [0.15, 0.2) is 59.7 Å². The van der Waals surface area contributed by atoms with Gasteiger partial charge in [-0.25, -0.2) is 0 Å². The number of nitrogens with two attached hydrogens (primary N) is 2. The highest BCUT2D eigenvalue weighted by Gasteiger charge is 2.40. The molecule has 0 radical (unpaired) electrons. The van der Waals surface area contributed by atoms with E-state index in [1.165, 1.54) is 18.2 Å². The molecule has 0 saturated heterocycles. The van der Waals surface area contributed by atoms with Crippen LogP contribution < -0.4 is 11.5 Å². The number of halogens is 3. The summed E-state index contributed by atoms with van der Waals surface area (Å²) in [6, 6.07) is 9.11. The molecule has 106 valence electrons. The molecule has 0 spiro atoms. The van der Waals surface area contributed by atoms with Crippen molar-refractivity contribution in [3.8, 4) is 0 Å². The van der Waals surface area contributed by atoms with Crippen LogP contribution in [0.2, 0.25) is 0 Å². The van der Waals surface area contributed by atoms with Gasteiger partial charge in [0.05, 0.1) is 5.66 Å². The number of hydrogen-bond donors (Lipinski definition) is 2. The Morgan fingerprint density at radius 3 is 2.30 bits per heavy atom. The first-order chi connectivity index (χ1) is 9.28. The van der Waals surface area contributed by atoms with Crippen molar-refractivity contribution in [2.45, 2.75) is 18.3 Å². The molecule has 20 heavy (non-hydrogen) atoms. The average Bonchev–Trinajstić information content (AvgIpc) is 2.37. The van der Waals surface area contributed by atoms with E-state index in [2.05, 4.69) is 0 Å². The third-order valence-corrected chi connectivity index (χ3v) is 3.00. The van der Waals surface area contributed by atoms with Gasteiger partial charge < -0.3 is 11.5 Å². The second-order valence-electron chi connectivity index (χ2n) is 4.80. The van der Waals surface area contributed by atoms with Gasteiger partial charge in [0.25, 0.3) is 0 Å². The second kappa shape index (κ2) is 5.26. The fourth-order valence-electron chi connectivity index (χ4n) is 1.98. The zero-order valence-electron chi connectivity index (χ0n) is 10.7. The highest BCUT2D eigenvalue weighted by molar-refractivity contribution is 5.57. The van der Waals surface area contributed by atoms with E-state index in [9.17, 15) is 13.2 Å². The van der Waals surface area contributed by atoms with Crippen molar-refractivity contribution in [3.63, 3.8) is 0 Å². The predicted octanol–water partition coefficient (Wildman–Crippen LogP) is 3.13. The Labute approximate surface area is 115 Å². The average molecular weight is 280 g/mol. The van der Waals surface area contributed by atoms with Crippen molar-refractivity contribution in [2.24, 2.45) is 11.5 Å². The number of rotatable bonds is 2. The summed E-state index contributed by atoms with van der Waals surface area (Å²) in [5, 5.41) is 0. The number of alkyl halides is 3. The molecule has 0 saturated carbocycles. The van der Waals surface area contributed by atoms with Crippen LogP contribution in [-0.2, 0) is 0 Å². The molecule has 1 aromatic rings. The normalized spacial score (nSPS) is 18.9. The molecule has 0 unspecified atom stereocenters. The maximum Gasteiger partial charge on any atom is 0.413 e. The van der Waals surface area contributed by atoms with Crippen LogP contribution in [0.1, 0.15) is 12.0 Å². The monoisotopic (exact) mass is 280 g/mol. The molecule has 2 nitrogen and oxygen atoms in total. The van der Waals surface area contributed by atoms with Crippen LogP contribution in [0.3, 0.4) is 0 Å². The van der Waals surface area contributed by atoms with Crippen LogP contribution in [0, 0.1) is 0 Å². The van der Waals surface area contributed by atoms with Gasteiger partial charge in [0, 0.05) is 12.0 Å². The van der Waals surface area contributed by atoms with Gasteiger partial charge >= 0.3 is 6.18 Å². The molecule has 0 bridgehead atoms. The van der Waals surface area contributed by atoms with Crippen molar-refractivity contribution >= 4 is 6.08 Å². The summed E-state index contributed by atoms with van der Waals surface area (Å²) in [6.07, 6.45) is 0.917. The lowest BCUT2D eigenvalue weighted by molar-refractivity contribution is -0.0959. The van der Waals surface area contributed by atoms with Gasteiger partial charge in [-0.15, -0.1) is 0 Å². The van der Waals surface area contributed by atoms with Crippen LogP contribution in [-0.4, -0.2) is 11.8 Å². The summed E-state index contributed by atoms with van der Waals surface area (Å²) in [6.45, 7) is 0. The van der Waals surface area contributed by atoms with Gasteiger partial charge in [0.15, 0.2) is 0 Å². The Kier molecular flexibility index (Phi) is 3.83. The fourth-order valence-corrected chi connectivity index (χ4v) is 1.98. The summed E-state index contributed by atoms with van der Waals surface area (Å²) in [4.78, 5) is 0. The molecule has 0 aliphatic heterocycles. The highest BCUT2D eigenvalue weighted by Crippen LogP contribution is 2.36. The Balaban J connectivity index is 2.34. The topological polar surface area (TPSA) is 52.0 Å². The second-order valence-corrected chi connectivity index (χ2v) is 4.80. The quantitative estimate of drug-likeness (QED) is 0.818. The van der Waals surface area contributed by atoms with Crippen molar-refractivity contribution in [2.75, 3.05) is 0 Å². The minimum absolute atomic E-state index is 0.0906. The van der Waals surface area contributed by atoms with E-state index in [1.54, 1.807) is 6.08 Å². The molecule has 0 amide bonds. The Morgan fingerprint density at radius 2 is 1.70 bits per heavy atom. The van der Waals surface area contributed by atoms with Gasteiger partial charge in [-0.1, -0.05) is 48.6 Å². The molecule has 0 atom stereocenters. The Bertz CT molecular complexity index is 567. The van der Waals surface area contributed by atoms with Gasteiger partial charge in [-0.05, 0) is 17.2 Å². The van der Waals surface area contributed by atoms with Crippen molar-refractivity contribution in [3.05, 3.63) is 65.3 Å². The third-order valence-electron chi connectivity index (χ3n) is 3.00. The molecule has 0 aromatic heterocycles. The molecule has 4 N–H and O–H groups in total. The zero-order chi connectivity index (χ0) is 14.8. The van der Waals surface area contributed by atoms with Gasteiger partial charge in [0.2, 0.25) is 0 Å². The molecule has 5 heteroatoms. The maximum absolute atomic E-state index is 13.0. The van der Waals surface area contributed by atoms with E-state index < -0.39 is 23.8 Å². The van der Waals surface area contributed by atoms with E-state index >= 15 is 0 Å². The van der Waals surface area contributed by atoms with E-state index in [1.807, 2.05) is 30.3 Å². The highest BCUT2D eigenvalue weighted by atomic mass is 19.4. The lowest BCUT2D eigenvalue weighted by Gasteiger charge is -2.28. The van der Waals surface area contributed by atoms with Crippen LogP contribution in [0.4, 0.5) is 13.2 Å². The summed E-state index contributed by atoms with van der Waals surface area (Å²) in [5.74, 6) is 0. The van der Waals surface area contributed by atoms with Crippen molar-refractivity contribution in [1.29, 1.82) is 0 Å². The molecule has 0 heterocycles. The minimum atomic E-state index is -4.44. The number of allylic oxidation sites excluding steroid dienone is 3. The van der Waals surface area contributed by atoms with Crippen LogP contribution in [0.5, 0.6) is 0 Å². The Hall–Kier alpha value is -1.85. The molecule has 0 fully saturated rings. The van der Waals surface area contributed by atoms with Crippen molar-refractivity contribution < 1.29 is 13.2 Å². The van der Waals surface area contributed by atoms with Crippen LogP contribution in [0.25, 0.3) is 6.08 Å². The van der Waals surface area contributed by atoms with E-state index in [-0.39, 0.29) is 5.57 Å². The fraction of sp³-hybridized carbons (Fsp3) is 0.200. The first kappa shape index (κ1) is 14.6. The lowest BCUT2D eigenvalue weighted by Crippen LogP contribution is -2.49. The van der Waals surface area contributed by atoms with Crippen molar-refractivity contribution in [1.82, 2.24) is 0 Å². The van der Waals surface area contributed by atoms with Gasteiger partial charge in [-0.2, -0.15) is 13.2 Å². The first-order valence-electron chi connectivity index (χ1n) is 6.08. The molecule has 2 rings (SSSR count). The SMILES string of the molecule is NC1(N)C=CC(C=Cc2ccccc2)=C(C(F)(F)F)C1. The van der Waals surface area contributed by atoms with E-state index in [0.29, 0.717) is 0 Å². The molecular formula is C15H15F3N2. The lowest BCUT2D eigenvalue weighted by atomic mass is 9.89. The largest absolute Gasteiger partial charge is 0.413 e. The number of hydrogen-bond acceptors (Lipinski definition) is 2. The number of benzene rings is 1. The van der Waals surface area contributed by atoms with E-state index in [4.69, 9.17) is 11.5 Å². The summed E-state index contributed by atoms with van der Waals surface area (Å²) in [7, 11) is 0. The zero-order valence-corrected chi connectivity index (χ0v) is 10.7. The first-order valence-corrected chi connectivity index (χ1v) is 6.08. The molecule has 1 aliphatic carbocycles. The van der Waals surface area contributed by atoms with Gasteiger partial charge in [0.1, 0.15) is 0 Å². The molecule has 1 aliphatic rings. The Morgan fingerprint density at radius 1 is 1.05 bits per heavy atom. The van der Waals surface area contributed by atoms with Crippen LogP contribution >= 0.6 is 0 Å². The molecular weight excluding hydrogens is 265 g/mol.